The van der Waals surface area contributed by atoms with E-state index in [1.807, 2.05) is 18.3 Å². The van der Waals surface area contributed by atoms with Gasteiger partial charge in [-0.3, -0.25) is 9.88 Å². The third-order valence-electron chi connectivity index (χ3n) is 6.64. The summed E-state index contributed by atoms with van der Waals surface area (Å²) >= 11 is 0. The lowest BCUT2D eigenvalue weighted by Crippen LogP contribution is -2.21. The molecule has 2 saturated heterocycles. The lowest BCUT2D eigenvalue weighted by molar-refractivity contribution is 0.0850. The summed E-state index contributed by atoms with van der Waals surface area (Å²) in [5.41, 5.74) is 13.5. The highest BCUT2D eigenvalue weighted by atomic mass is 16.5. The molecule has 0 aliphatic carbocycles. The van der Waals surface area contributed by atoms with E-state index in [2.05, 4.69) is 39.1 Å². The minimum Gasteiger partial charge on any atom is -0.383 e. The van der Waals surface area contributed by atoms with E-state index in [0.29, 0.717) is 11.7 Å². The Morgan fingerprint density at radius 2 is 1.71 bits per heavy atom. The smallest absolute Gasteiger partial charge is 0.131 e. The van der Waals surface area contributed by atoms with Gasteiger partial charge in [0.1, 0.15) is 5.82 Å². The minimum atomic E-state index is 0.547. The molecule has 5 rings (SSSR count). The van der Waals surface area contributed by atoms with Crippen LogP contribution in [0.3, 0.4) is 0 Å². The fourth-order valence-corrected chi connectivity index (χ4v) is 4.91. The number of likely N-dealkylation sites (tertiary alicyclic amines) is 1. The number of anilines is 1. The van der Waals surface area contributed by atoms with Crippen molar-refractivity contribution in [3.8, 4) is 22.3 Å². The average Bonchev–Trinajstić information content (AvgIpc) is 3.34. The zero-order valence-electron chi connectivity index (χ0n) is 18.0. The molecule has 2 N–H and O–H groups in total. The van der Waals surface area contributed by atoms with E-state index < -0.39 is 0 Å². The molecule has 0 bridgehead atoms. The lowest BCUT2D eigenvalue weighted by Gasteiger charge is -2.27. The van der Waals surface area contributed by atoms with Gasteiger partial charge in [0.25, 0.3) is 0 Å². The average molecular weight is 415 g/mol. The molecule has 2 fully saturated rings. The van der Waals surface area contributed by atoms with Crippen molar-refractivity contribution in [1.82, 2.24) is 14.9 Å². The van der Waals surface area contributed by atoms with E-state index in [1.54, 1.807) is 12.4 Å². The van der Waals surface area contributed by atoms with Crippen LogP contribution >= 0.6 is 0 Å². The summed E-state index contributed by atoms with van der Waals surface area (Å²) in [5.74, 6) is 1.14. The molecule has 0 spiro atoms. The number of pyridine rings is 2. The summed E-state index contributed by atoms with van der Waals surface area (Å²) in [6.07, 6.45) is 10.3. The number of hydrogen-bond donors (Lipinski definition) is 1. The first kappa shape index (κ1) is 20.2. The third kappa shape index (κ3) is 4.48. The topological polar surface area (TPSA) is 64.3 Å². The maximum absolute atomic E-state index is 6.21. The van der Waals surface area contributed by atoms with Gasteiger partial charge in [0.2, 0.25) is 0 Å². The van der Waals surface area contributed by atoms with Gasteiger partial charge in [-0.05, 0) is 91.2 Å². The van der Waals surface area contributed by atoms with E-state index in [1.165, 1.54) is 42.6 Å². The minimum absolute atomic E-state index is 0.547. The molecule has 5 nitrogen and oxygen atoms in total. The van der Waals surface area contributed by atoms with Crippen molar-refractivity contribution in [3.63, 3.8) is 0 Å². The highest BCUT2D eigenvalue weighted by Crippen LogP contribution is 2.35. The van der Waals surface area contributed by atoms with Crippen LogP contribution in [0.15, 0.2) is 55.0 Å². The monoisotopic (exact) mass is 414 g/mol. The number of nitrogen functional groups attached to an aromatic ring is 1. The number of nitrogens with two attached hydrogens (primary N) is 1. The van der Waals surface area contributed by atoms with Crippen LogP contribution in [0.4, 0.5) is 5.82 Å². The number of aromatic nitrogens is 2. The molecule has 0 saturated carbocycles. The lowest BCUT2D eigenvalue weighted by atomic mass is 9.86. The molecular formula is C26H30N4O. The van der Waals surface area contributed by atoms with Crippen molar-refractivity contribution < 1.29 is 4.74 Å². The molecule has 2 aliphatic heterocycles. The van der Waals surface area contributed by atoms with Crippen LogP contribution in [0.2, 0.25) is 0 Å². The maximum atomic E-state index is 6.21. The molecule has 0 unspecified atom stereocenters. The molecule has 2 aromatic heterocycles. The molecule has 3 aromatic rings. The Balaban J connectivity index is 1.52. The van der Waals surface area contributed by atoms with E-state index in [9.17, 15) is 0 Å². The first-order valence-electron chi connectivity index (χ1n) is 11.4. The number of nitrogens with zero attached hydrogens (tertiary/aromatic N) is 3. The zero-order chi connectivity index (χ0) is 21.0. The second kappa shape index (κ2) is 9.16. The van der Waals surface area contributed by atoms with Crippen LogP contribution < -0.4 is 5.73 Å². The molecule has 31 heavy (non-hydrogen) atoms. The van der Waals surface area contributed by atoms with E-state index in [0.717, 1.165) is 49.3 Å². The van der Waals surface area contributed by atoms with Crippen LogP contribution in [0.25, 0.3) is 22.3 Å². The largest absolute Gasteiger partial charge is 0.383 e. The SMILES string of the molecule is Nc1ncc(-c2ccc(C3CCOCC3)c(CN3CCCC3)c2)cc1-c1ccncc1. The van der Waals surface area contributed by atoms with Crippen molar-refractivity contribution in [1.29, 1.82) is 0 Å². The summed E-state index contributed by atoms with van der Waals surface area (Å²) in [7, 11) is 0. The number of hydrogen-bond acceptors (Lipinski definition) is 5. The first-order valence-corrected chi connectivity index (χ1v) is 11.4. The predicted molar refractivity (Wildman–Crippen MR) is 125 cm³/mol. The van der Waals surface area contributed by atoms with Gasteiger partial charge in [-0.2, -0.15) is 0 Å². The van der Waals surface area contributed by atoms with Crippen molar-refractivity contribution in [2.24, 2.45) is 0 Å². The standard InChI is InChI=1S/C26H30N4O/c27-26-25(19-5-9-28-10-6-19)16-22(17-29-26)21-3-4-24(20-7-13-31-14-8-20)23(15-21)18-30-11-1-2-12-30/h3-6,9-10,15-17,20H,1-2,7-8,11-14,18H2,(H2,27,29). The Hall–Kier alpha value is -2.76. The fourth-order valence-electron chi connectivity index (χ4n) is 4.91. The molecule has 0 atom stereocenters. The van der Waals surface area contributed by atoms with Gasteiger partial charge in [-0.1, -0.05) is 12.1 Å². The van der Waals surface area contributed by atoms with Gasteiger partial charge in [-0.25, -0.2) is 4.98 Å². The van der Waals surface area contributed by atoms with Crippen LogP contribution in [-0.4, -0.2) is 41.2 Å². The normalized spacial score (nSPS) is 17.8. The van der Waals surface area contributed by atoms with Gasteiger partial charge in [0.05, 0.1) is 0 Å². The Morgan fingerprint density at radius 1 is 0.935 bits per heavy atom. The summed E-state index contributed by atoms with van der Waals surface area (Å²) in [4.78, 5) is 11.2. The van der Waals surface area contributed by atoms with Crippen molar-refractivity contribution >= 4 is 5.82 Å². The summed E-state index contributed by atoms with van der Waals surface area (Å²) in [6.45, 7) is 5.17. The van der Waals surface area contributed by atoms with E-state index in [4.69, 9.17) is 10.5 Å². The van der Waals surface area contributed by atoms with E-state index >= 15 is 0 Å². The zero-order valence-corrected chi connectivity index (χ0v) is 18.0. The predicted octanol–water partition coefficient (Wildman–Crippen LogP) is 4.88. The number of rotatable bonds is 5. The Labute approximate surface area is 184 Å². The summed E-state index contributed by atoms with van der Waals surface area (Å²) < 4.78 is 5.62. The van der Waals surface area contributed by atoms with Gasteiger partial charge in [-0.15, -0.1) is 0 Å². The maximum Gasteiger partial charge on any atom is 0.131 e. The molecule has 2 aliphatic rings. The van der Waals surface area contributed by atoms with Gasteiger partial charge in [0.15, 0.2) is 0 Å². The third-order valence-corrected chi connectivity index (χ3v) is 6.64. The van der Waals surface area contributed by atoms with E-state index in [-0.39, 0.29) is 0 Å². The second-order valence-electron chi connectivity index (χ2n) is 8.68. The second-order valence-corrected chi connectivity index (χ2v) is 8.68. The van der Waals surface area contributed by atoms with Gasteiger partial charge >= 0.3 is 0 Å². The van der Waals surface area contributed by atoms with Crippen LogP contribution in [0.5, 0.6) is 0 Å². The Bertz CT molecular complexity index is 1020. The number of ether oxygens (including phenoxy) is 1. The highest BCUT2D eigenvalue weighted by Gasteiger charge is 2.22. The van der Waals surface area contributed by atoms with Crippen molar-refractivity contribution in [2.75, 3.05) is 32.0 Å². The van der Waals surface area contributed by atoms with Gasteiger partial charge < -0.3 is 10.5 Å². The molecular weight excluding hydrogens is 384 g/mol. The van der Waals surface area contributed by atoms with Crippen LogP contribution in [-0.2, 0) is 11.3 Å². The number of benzene rings is 1. The summed E-state index contributed by atoms with van der Waals surface area (Å²) in [5, 5.41) is 0. The van der Waals surface area contributed by atoms with Crippen molar-refractivity contribution in [3.05, 3.63) is 66.1 Å². The first-order chi connectivity index (χ1) is 15.3. The Morgan fingerprint density at radius 3 is 2.48 bits per heavy atom. The summed E-state index contributed by atoms with van der Waals surface area (Å²) in [6, 6.07) is 13.1. The molecule has 160 valence electrons. The fraction of sp³-hybridized carbons (Fsp3) is 0.385. The highest BCUT2D eigenvalue weighted by molar-refractivity contribution is 5.79. The molecule has 4 heterocycles. The molecule has 5 heteroatoms. The molecule has 1 aromatic carbocycles. The van der Waals surface area contributed by atoms with Crippen LogP contribution in [0, 0.1) is 0 Å². The Kier molecular flexibility index (Phi) is 5.96. The molecule has 0 radical (unpaired) electrons. The van der Waals surface area contributed by atoms with Gasteiger partial charge in [0, 0.05) is 49.5 Å². The van der Waals surface area contributed by atoms with Crippen LogP contribution in [0.1, 0.15) is 42.7 Å². The van der Waals surface area contributed by atoms with Crippen molar-refractivity contribution in [2.45, 2.75) is 38.1 Å². The quantitative estimate of drug-likeness (QED) is 0.644. The molecule has 0 amide bonds.